The fourth-order valence-corrected chi connectivity index (χ4v) is 2.14. The lowest BCUT2D eigenvalue weighted by molar-refractivity contribution is -0.383. The molecule has 5 nitrogen and oxygen atoms in total. The van der Waals surface area contributed by atoms with Crippen LogP contribution in [0, 0.1) is 10.1 Å². The maximum Gasteiger partial charge on any atom is 0.293 e. The summed E-state index contributed by atoms with van der Waals surface area (Å²) in [5, 5.41) is 14.4. The van der Waals surface area contributed by atoms with Gasteiger partial charge < -0.3 is 10.1 Å². The molecule has 6 heteroatoms. The van der Waals surface area contributed by atoms with Crippen LogP contribution in [-0.4, -0.2) is 18.6 Å². The SMILES string of the molecule is COc1cccc(CCNc2ccc(Cl)cc2[N+](=O)[O-])c1. The number of anilines is 1. The molecule has 0 unspecified atom stereocenters. The monoisotopic (exact) mass is 306 g/mol. The molecule has 21 heavy (non-hydrogen) atoms. The number of hydrogen-bond donors (Lipinski definition) is 1. The minimum Gasteiger partial charge on any atom is -0.497 e. The fourth-order valence-electron chi connectivity index (χ4n) is 1.97. The van der Waals surface area contributed by atoms with Crippen molar-refractivity contribution in [1.29, 1.82) is 0 Å². The second kappa shape index (κ2) is 6.95. The van der Waals surface area contributed by atoms with Crippen molar-refractivity contribution in [2.75, 3.05) is 19.0 Å². The van der Waals surface area contributed by atoms with Gasteiger partial charge >= 0.3 is 0 Å². The molecular weight excluding hydrogens is 292 g/mol. The first-order valence-electron chi connectivity index (χ1n) is 6.41. The summed E-state index contributed by atoms with van der Waals surface area (Å²) in [5.41, 5.74) is 1.54. The van der Waals surface area contributed by atoms with Gasteiger partial charge in [-0.1, -0.05) is 23.7 Å². The molecule has 2 rings (SSSR count). The summed E-state index contributed by atoms with van der Waals surface area (Å²) in [4.78, 5) is 10.5. The third-order valence-corrected chi connectivity index (χ3v) is 3.25. The number of nitro groups is 1. The third kappa shape index (κ3) is 4.10. The normalized spacial score (nSPS) is 10.2. The Bertz CT molecular complexity index is 647. The molecule has 2 aromatic carbocycles. The highest BCUT2D eigenvalue weighted by Gasteiger charge is 2.13. The van der Waals surface area contributed by atoms with Crippen LogP contribution >= 0.6 is 11.6 Å². The number of nitrogens with zero attached hydrogens (tertiary/aromatic N) is 1. The van der Waals surface area contributed by atoms with E-state index < -0.39 is 4.92 Å². The van der Waals surface area contributed by atoms with Gasteiger partial charge in [-0.15, -0.1) is 0 Å². The minimum absolute atomic E-state index is 0.0202. The van der Waals surface area contributed by atoms with Gasteiger partial charge in [-0.05, 0) is 36.2 Å². The van der Waals surface area contributed by atoms with Crippen molar-refractivity contribution in [3.63, 3.8) is 0 Å². The lowest BCUT2D eigenvalue weighted by Crippen LogP contribution is -2.07. The van der Waals surface area contributed by atoms with Gasteiger partial charge in [0, 0.05) is 17.6 Å². The number of nitro benzene ring substituents is 1. The van der Waals surface area contributed by atoms with Gasteiger partial charge in [-0.25, -0.2) is 0 Å². The summed E-state index contributed by atoms with van der Waals surface area (Å²) in [7, 11) is 1.62. The Balaban J connectivity index is 2.01. The molecule has 0 aromatic heterocycles. The Labute approximate surface area is 127 Å². The van der Waals surface area contributed by atoms with E-state index in [1.807, 2.05) is 24.3 Å². The number of nitrogens with one attached hydrogen (secondary N) is 1. The first-order chi connectivity index (χ1) is 10.1. The Morgan fingerprint density at radius 3 is 2.81 bits per heavy atom. The topological polar surface area (TPSA) is 64.4 Å². The molecule has 0 fully saturated rings. The van der Waals surface area contributed by atoms with Gasteiger partial charge in [-0.3, -0.25) is 10.1 Å². The van der Waals surface area contributed by atoms with Crippen molar-refractivity contribution in [2.45, 2.75) is 6.42 Å². The van der Waals surface area contributed by atoms with E-state index in [2.05, 4.69) is 5.32 Å². The van der Waals surface area contributed by atoms with Gasteiger partial charge in [0.1, 0.15) is 11.4 Å². The number of ether oxygens (including phenoxy) is 1. The molecule has 0 saturated carbocycles. The van der Waals surface area contributed by atoms with E-state index in [1.165, 1.54) is 6.07 Å². The quantitative estimate of drug-likeness (QED) is 0.649. The van der Waals surface area contributed by atoms with Crippen molar-refractivity contribution in [3.8, 4) is 5.75 Å². The summed E-state index contributed by atoms with van der Waals surface area (Å²) in [6, 6.07) is 12.3. The number of benzene rings is 2. The number of hydrogen-bond acceptors (Lipinski definition) is 4. The van der Waals surface area contributed by atoms with Crippen LogP contribution in [0.4, 0.5) is 11.4 Å². The first kappa shape index (κ1) is 15.1. The van der Waals surface area contributed by atoms with E-state index in [0.29, 0.717) is 17.3 Å². The van der Waals surface area contributed by atoms with Gasteiger partial charge in [0.15, 0.2) is 0 Å². The summed E-state index contributed by atoms with van der Waals surface area (Å²) in [6.07, 6.45) is 0.733. The van der Waals surface area contributed by atoms with Gasteiger partial charge in [0.2, 0.25) is 0 Å². The van der Waals surface area contributed by atoms with E-state index >= 15 is 0 Å². The Morgan fingerprint density at radius 1 is 1.29 bits per heavy atom. The Morgan fingerprint density at radius 2 is 2.10 bits per heavy atom. The van der Waals surface area contributed by atoms with Crippen molar-refractivity contribution < 1.29 is 9.66 Å². The fraction of sp³-hybridized carbons (Fsp3) is 0.200. The third-order valence-electron chi connectivity index (χ3n) is 3.02. The molecule has 0 aliphatic heterocycles. The maximum atomic E-state index is 11.0. The van der Waals surface area contributed by atoms with E-state index in [4.69, 9.17) is 16.3 Å². The molecule has 0 heterocycles. The predicted molar refractivity (Wildman–Crippen MR) is 83.3 cm³/mol. The molecule has 0 bridgehead atoms. The van der Waals surface area contributed by atoms with Crippen molar-refractivity contribution >= 4 is 23.0 Å². The lowest BCUT2D eigenvalue weighted by Gasteiger charge is -2.08. The lowest BCUT2D eigenvalue weighted by atomic mass is 10.1. The van der Waals surface area contributed by atoms with Gasteiger partial charge in [0.05, 0.1) is 12.0 Å². The molecule has 0 aliphatic carbocycles. The molecule has 0 saturated heterocycles. The first-order valence-corrected chi connectivity index (χ1v) is 6.78. The summed E-state index contributed by atoms with van der Waals surface area (Å²) < 4.78 is 5.16. The second-order valence-electron chi connectivity index (χ2n) is 4.45. The molecule has 110 valence electrons. The summed E-state index contributed by atoms with van der Waals surface area (Å²) in [5.74, 6) is 0.796. The zero-order chi connectivity index (χ0) is 15.2. The van der Waals surface area contributed by atoms with Gasteiger partial charge in [-0.2, -0.15) is 0 Å². The molecule has 1 N–H and O–H groups in total. The van der Waals surface area contributed by atoms with Crippen molar-refractivity contribution in [1.82, 2.24) is 0 Å². The van der Waals surface area contributed by atoms with Crippen molar-refractivity contribution in [3.05, 3.63) is 63.2 Å². The molecule has 0 amide bonds. The summed E-state index contributed by atoms with van der Waals surface area (Å²) >= 11 is 5.78. The van der Waals surface area contributed by atoms with E-state index in [-0.39, 0.29) is 5.69 Å². The zero-order valence-electron chi connectivity index (χ0n) is 11.5. The van der Waals surface area contributed by atoms with Crippen LogP contribution in [0.3, 0.4) is 0 Å². The summed E-state index contributed by atoms with van der Waals surface area (Å²) in [6.45, 7) is 0.579. The number of halogens is 1. The molecule has 0 radical (unpaired) electrons. The smallest absolute Gasteiger partial charge is 0.293 e. The molecule has 2 aromatic rings. The van der Waals surface area contributed by atoms with Crippen LogP contribution in [0.2, 0.25) is 5.02 Å². The number of methoxy groups -OCH3 is 1. The van der Waals surface area contributed by atoms with Crippen molar-refractivity contribution in [2.24, 2.45) is 0 Å². The largest absolute Gasteiger partial charge is 0.497 e. The van der Waals surface area contributed by atoms with E-state index in [1.54, 1.807) is 19.2 Å². The minimum atomic E-state index is -0.445. The average molecular weight is 307 g/mol. The van der Waals surface area contributed by atoms with E-state index in [0.717, 1.165) is 17.7 Å². The van der Waals surface area contributed by atoms with Crippen LogP contribution in [0.1, 0.15) is 5.56 Å². The second-order valence-corrected chi connectivity index (χ2v) is 4.88. The van der Waals surface area contributed by atoms with Gasteiger partial charge in [0.25, 0.3) is 5.69 Å². The number of rotatable bonds is 6. The Hall–Kier alpha value is -2.27. The highest BCUT2D eigenvalue weighted by molar-refractivity contribution is 6.30. The highest BCUT2D eigenvalue weighted by Crippen LogP contribution is 2.27. The molecular formula is C15H15ClN2O3. The average Bonchev–Trinajstić information content (AvgIpc) is 2.48. The molecule has 0 spiro atoms. The highest BCUT2D eigenvalue weighted by atomic mass is 35.5. The van der Waals surface area contributed by atoms with Crippen LogP contribution in [0.15, 0.2) is 42.5 Å². The molecule has 0 aliphatic rings. The van der Waals surface area contributed by atoms with Crippen LogP contribution in [0.5, 0.6) is 5.75 Å². The van der Waals surface area contributed by atoms with E-state index in [9.17, 15) is 10.1 Å². The van der Waals surface area contributed by atoms with Crippen LogP contribution in [0.25, 0.3) is 0 Å². The van der Waals surface area contributed by atoms with Crippen LogP contribution in [-0.2, 0) is 6.42 Å². The zero-order valence-corrected chi connectivity index (χ0v) is 12.3. The van der Waals surface area contributed by atoms with Crippen LogP contribution < -0.4 is 10.1 Å². The standard InChI is InChI=1S/C15H15ClN2O3/c1-21-13-4-2-3-11(9-13)7-8-17-14-6-5-12(16)10-15(14)18(19)20/h2-6,9-10,17H,7-8H2,1H3. The Kier molecular flexibility index (Phi) is 5.00. The maximum absolute atomic E-state index is 11.0. The predicted octanol–water partition coefficient (Wildman–Crippen LogP) is 3.91. The molecule has 0 atom stereocenters.